The van der Waals surface area contributed by atoms with Gasteiger partial charge in [-0.2, -0.15) is 5.26 Å². The van der Waals surface area contributed by atoms with Gasteiger partial charge in [0, 0.05) is 13.0 Å². The van der Waals surface area contributed by atoms with Crippen molar-refractivity contribution in [2.45, 2.75) is 19.8 Å². The Bertz CT molecular complexity index is 488. The number of nitrogens with two attached hydrogens (primary N) is 1. The average molecular weight is 259 g/mol. The van der Waals surface area contributed by atoms with E-state index < -0.39 is 5.91 Å². The van der Waals surface area contributed by atoms with E-state index in [2.05, 4.69) is 0 Å². The molecule has 0 bridgehead atoms. The van der Waals surface area contributed by atoms with Crippen molar-refractivity contribution in [2.24, 2.45) is 5.73 Å². The molecule has 0 aliphatic rings. The molecule has 0 fully saturated rings. The summed E-state index contributed by atoms with van der Waals surface area (Å²) in [6.07, 6.45) is 0.910. The van der Waals surface area contributed by atoms with Gasteiger partial charge in [0.05, 0.1) is 18.2 Å². The number of likely N-dealkylation sites (N-methyl/N-ethyl adjacent to an activating group) is 1. The Morgan fingerprint density at radius 3 is 2.42 bits per heavy atom. The van der Waals surface area contributed by atoms with E-state index in [0.717, 1.165) is 5.56 Å². The van der Waals surface area contributed by atoms with Gasteiger partial charge in [-0.05, 0) is 31.0 Å². The molecule has 1 rings (SSSR count). The standard InChI is InChI=1S/C14H17N3O2/c1-2-17(10-13(16)18)14(19)8-7-11-3-5-12(9-15)6-4-11/h3-6H,2,7-8,10H2,1H3,(H2,16,18). The van der Waals surface area contributed by atoms with E-state index in [-0.39, 0.29) is 12.5 Å². The third-order valence-corrected chi connectivity index (χ3v) is 2.79. The van der Waals surface area contributed by atoms with Crippen molar-refractivity contribution in [3.8, 4) is 6.07 Å². The number of hydrogen-bond donors (Lipinski definition) is 1. The average Bonchev–Trinajstić information content (AvgIpc) is 2.42. The first-order valence-electron chi connectivity index (χ1n) is 6.12. The first kappa shape index (κ1) is 14.7. The fourth-order valence-electron chi connectivity index (χ4n) is 1.72. The first-order chi connectivity index (χ1) is 9.06. The summed E-state index contributed by atoms with van der Waals surface area (Å²) < 4.78 is 0. The number of hydrogen-bond acceptors (Lipinski definition) is 3. The van der Waals surface area contributed by atoms with Gasteiger partial charge in [0.25, 0.3) is 0 Å². The van der Waals surface area contributed by atoms with Crippen molar-refractivity contribution in [3.63, 3.8) is 0 Å². The largest absolute Gasteiger partial charge is 0.368 e. The lowest BCUT2D eigenvalue weighted by Gasteiger charge is -2.18. The summed E-state index contributed by atoms with van der Waals surface area (Å²) in [4.78, 5) is 24.1. The van der Waals surface area contributed by atoms with Crippen LogP contribution >= 0.6 is 0 Å². The summed E-state index contributed by atoms with van der Waals surface area (Å²) >= 11 is 0. The van der Waals surface area contributed by atoms with E-state index in [1.165, 1.54) is 4.90 Å². The van der Waals surface area contributed by atoms with Crippen molar-refractivity contribution in [1.82, 2.24) is 4.90 Å². The molecule has 100 valence electrons. The Morgan fingerprint density at radius 1 is 1.32 bits per heavy atom. The van der Waals surface area contributed by atoms with Gasteiger partial charge in [-0.15, -0.1) is 0 Å². The zero-order chi connectivity index (χ0) is 14.3. The number of amides is 2. The topological polar surface area (TPSA) is 87.2 Å². The Balaban J connectivity index is 2.52. The SMILES string of the molecule is CCN(CC(N)=O)C(=O)CCc1ccc(C#N)cc1. The molecule has 0 spiro atoms. The minimum atomic E-state index is -0.506. The summed E-state index contributed by atoms with van der Waals surface area (Å²) in [7, 11) is 0. The predicted molar refractivity (Wildman–Crippen MR) is 70.9 cm³/mol. The number of rotatable bonds is 6. The maximum atomic E-state index is 11.9. The first-order valence-corrected chi connectivity index (χ1v) is 6.12. The molecule has 0 aliphatic heterocycles. The van der Waals surface area contributed by atoms with Gasteiger partial charge in [0.15, 0.2) is 0 Å². The van der Waals surface area contributed by atoms with Crippen LogP contribution in [0.2, 0.25) is 0 Å². The molecule has 0 heterocycles. The van der Waals surface area contributed by atoms with Gasteiger partial charge >= 0.3 is 0 Å². The molecule has 0 unspecified atom stereocenters. The number of aryl methyl sites for hydroxylation is 1. The highest BCUT2D eigenvalue weighted by Crippen LogP contribution is 2.07. The monoisotopic (exact) mass is 259 g/mol. The number of primary amides is 1. The summed E-state index contributed by atoms with van der Waals surface area (Å²) in [5, 5.41) is 8.68. The Labute approximate surface area is 112 Å². The van der Waals surface area contributed by atoms with E-state index in [4.69, 9.17) is 11.0 Å². The van der Waals surface area contributed by atoms with Crippen LogP contribution in [0.4, 0.5) is 0 Å². The van der Waals surface area contributed by atoms with Gasteiger partial charge in [0.2, 0.25) is 11.8 Å². The van der Waals surface area contributed by atoms with Crippen LogP contribution in [0.5, 0.6) is 0 Å². The van der Waals surface area contributed by atoms with E-state index in [9.17, 15) is 9.59 Å². The lowest BCUT2D eigenvalue weighted by Crippen LogP contribution is -2.38. The summed E-state index contributed by atoms with van der Waals surface area (Å²) in [5.41, 5.74) is 6.67. The lowest BCUT2D eigenvalue weighted by molar-refractivity contribution is -0.134. The normalized spacial score (nSPS) is 9.68. The molecule has 0 aromatic heterocycles. The number of benzene rings is 1. The second-order valence-corrected chi connectivity index (χ2v) is 4.18. The number of nitrogens with zero attached hydrogens (tertiary/aromatic N) is 2. The molecular formula is C14H17N3O2. The number of carbonyl (C=O) groups excluding carboxylic acids is 2. The van der Waals surface area contributed by atoms with E-state index in [0.29, 0.717) is 24.9 Å². The summed E-state index contributed by atoms with van der Waals surface area (Å²) in [6.45, 7) is 2.24. The molecule has 1 aromatic carbocycles. The third kappa shape index (κ3) is 4.80. The molecule has 5 heteroatoms. The molecule has 0 radical (unpaired) electrons. The molecule has 1 aromatic rings. The molecule has 0 saturated carbocycles. The third-order valence-electron chi connectivity index (χ3n) is 2.79. The maximum Gasteiger partial charge on any atom is 0.237 e. The number of carbonyl (C=O) groups is 2. The smallest absolute Gasteiger partial charge is 0.237 e. The van der Waals surface area contributed by atoms with Gasteiger partial charge in [0.1, 0.15) is 0 Å². The van der Waals surface area contributed by atoms with Crippen LogP contribution in [0, 0.1) is 11.3 Å². The van der Waals surface area contributed by atoms with Crippen LogP contribution in [-0.2, 0) is 16.0 Å². The molecular weight excluding hydrogens is 242 g/mol. The molecule has 5 nitrogen and oxygen atoms in total. The maximum absolute atomic E-state index is 11.9. The van der Waals surface area contributed by atoms with Crippen molar-refractivity contribution >= 4 is 11.8 Å². The lowest BCUT2D eigenvalue weighted by atomic mass is 10.1. The fraction of sp³-hybridized carbons (Fsp3) is 0.357. The summed E-state index contributed by atoms with van der Waals surface area (Å²) in [5.74, 6) is -0.598. The van der Waals surface area contributed by atoms with Crippen LogP contribution in [0.1, 0.15) is 24.5 Å². The minimum absolute atomic E-state index is 0.0390. The second kappa shape index (κ2) is 7.17. The highest BCUT2D eigenvalue weighted by atomic mass is 16.2. The molecule has 0 saturated heterocycles. The van der Waals surface area contributed by atoms with Crippen LogP contribution in [0.15, 0.2) is 24.3 Å². The Morgan fingerprint density at radius 2 is 1.95 bits per heavy atom. The van der Waals surface area contributed by atoms with Gasteiger partial charge in [-0.25, -0.2) is 0 Å². The fourth-order valence-corrected chi connectivity index (χ4v) is 1.72. The van der Waals surface area contributed by atoms with Crippen LogP contribution in [0.3, 0.4) is 0 Å². The molecule has 19 heavy (non-hydrogen) atoms. The quantitative estimate of drug-likeness (QED) is 0.820. The Kier molecular flexibility index (Phi) is 5.55. The van der Waals surface area contributed by atoms with Crippen molar-refractivity contribution in [3.05, 3.63) is 35.4 Å². The minimum Gasteiger partial charge on any atom is -0.368 e. The molecule has 2 amide bonds. The predicted octanol–water partition coefficient (Wildman–Crippen LogP) is 0.825. The zero-order valence-corrected chi connectivity index (χ0v) is 10.9. The Hall–Kier alpha value is -2.35. The van der Waals surface area contributed by atoms with Gasteiger partial charge in [-0.3, -0.25) is 9.59 Å². The van der Waals surface area contributed by atoms with Crippen molar-refractivity contribution < 1.29 is 9.59 Å². The zero-order valence-electron chi connectivity index (χ0n) is 10.9. The number of nitriles is 1. The van der Waals surface area contributed by atoms with Gasteiger partial charge in [-0.1, -0.05) is 12.1 Å². The van der Waals surface area contributed by atoms with Crippen LogP contribution in [0.25, 0.3) is 0 Å². The molecule has 2 N–H and O–H groups in total. The second-order valence-electron chi connectivity index (χ2n) is 4.18. The van der Waals surface area contributed by atoms with Gasteiger partial charge < -0.3 is 10.6 Å². The highest BCUT2D eigenvalue weighted by molar-refractivity contribution is 5.83. The highest BCUT2D eigenvalue weighted by Gasteiger charge is 2.13. The van der Waals surface area contributed by atoms with E-state index in [1.54, 1.807) is 12.1 Å². The van der Waals surface area contributed by atoms with Crippen molar-refractivity contribution in [2.75, 3.05) is 13.1 Å². The van der Waals surface area contributed by atoms with Crippen molar-refractivity contribution in [1.29, 1.82) is 5.26 Å². The van der Waals surface area contributed by atoms with E-state index in [1.807, 2.05) is 25.1 Å². The molecule has 0 atom stereocenters. The van der Waals surface area contributed by atoms with E-state index >= 15 is 0 Å². The van der Waals surface area contributed by atoms with Crippen LogP contribution in [-0.4, -0.2) is 29.8 Å². The molecule has 0 aliphatic carbocycles. The summed E-state index contributed by atoms with van der Waals surface area (Å²) in [6, 6.07) is 9.15. The van der Waals surface area contributed by atoms with Crippen LogP contribution < -0.4 is 5.73 Å².